The second-order valence-electron chi connectivity index (χ2n) is 11.8. The number of carbonyl (C=O) groups is 2. The number of nitrogens with zero attached hydrogens (tertiary/aromatic N) is 3. The summed E-state index contributed by atoms with van der Waals surface area (Å²) in [6.07, 6.45) is 3.31. The first-order valence-corrected chi connectivity index (χ1v) is 14.6. The zero-order valence-corrected chi connectivity index (χ0v) is 24.0. The Morgan fingerprint density at radius 3 is 2.66 bits per heavy atom. The van der Waals surface area contributed by atoms with Gasteiger partial charge in [-0.25, -0.2) is 9.37 Å². The van der Waals surface area contributed by atoms with Crippen LogP contribution < -0.4 is 5.56 Å². The average Bonchev–Trinajstić information content (AvgIpc) is 3.69. The molecule has 3 unspecified atom stereocenters. The number of carbonyl (C=O) groups excluding carboxylic acids is 2. The molecule has 1 aliphatic carbocycles. The lowest BCUT2D eigenvalue weighted by molar-refractivity contribution is -0.148. The van der Waals surface area contributed by atoms with E-state index in [-0.39, 0.29) is 36.4 Å². The van der Waals surface area contributed by atoms with Crippen molar-refractivity contribution < 1.29 is 23.8 Å². The van der Waals surface area contributed by atoms with Crippen molar-refractivity contribution in [2.24, 2.45) is 5.92 Å². The molecule has 2 aliphatic heterocycles. The van der Waals surface area contributed by atoms with Crippen LogP contribution in [0.5, 0.6) is 0 Å². The Kier molecular flexibility index (Phi) is 6.96. The number of likely N-dealkylation sites (N-methyl/N-ethyl adjacent to an activating group) is 1. The van der Waals surface area contributed by atoms with Crippen molar-refractivity contribution in [2.45, 2.75) is 90.5 Å². The van der Waals surface area contributed by atoms with E-state index in [2.05, 4.69) is 0 Å². The molecule has 216 valence electrons. The molecule has 41 heavy (non-hydrogen) atoms. The Morgan fingerprint density at radius 1 is 1.22 bits per heavy atom. The molecule has 0 radical (unpaired) electrons. The van der Waals surface area contributed by atoms with Crippen LogP contribution in [0.15, 0.2) is 23.0 Å². The van der Waals surface area contributed by atoms with Gasteiger partial charge in [0.2, 0.25) is 0 Å². The third-order valence-electron chi connectivity index (χ3n) is 9.08. The summed E-state index contributed by atoms with van der Waals surface area (Å²) in [5.41, 5.74) is 4.58. The summed E-state index contributed by atoms with van der Waals surface area (Å²) in [7, 11) is 1.72. The average molecular weight is 562 g/mol. The third-order valence-corrected chi connectivity index (χ3v) is 9.08. The number of fused-ring (bicyclic) bond motifs is 5. The zero-order valence-electron chi connectivity index (χ0n) is 24.0. The number of cyclic esters (lactones) is 1. The number of aromatic nitrogens is 2. The molecule has 2 aromatic heterocycles. The summed E-state index contributed by atoms with van der Waals surface area (Å²) < 4.78 is 21.9. The first-order chi connectivity index (χ1) is 19.6. The van der Waals surface area contributed by atoms with Crippen molar-refractivity contribution in [3.8, 4) is 11.4 Å². The number of amides is 1. The van der Waals surface area contributed by atoms with E-state index in [0.717, 1.165) is 35.8 Å². The summed E-state index contributed by atoms with van der Waals surface area (Å²) in [5.74, 6) is -1.22. The molecular weight excluding hydrogens is 525 g/mol. The molecule has 6 rings (SSSR count). The summed E-state index contributed by atoms with van der Waals surface area (Å²) in [6.45, 7) is 5.79. The number of aryl methyl sites for hydroxylation is 1. The number of esters is 1. The molecule has 9 heteroatoms. The number of hydrogen-bond donors (Lipinski definition) is 1. The van der Waals surface area contributed by atoms with Gasteiger partial charge >= 0.3 is 5.97 Å². The maximum Gasteiger partial charge on any atom is 0.313 e. The highest BCUT2D eigenvalue weighted by atomic mass is 19.1. The quantitative estimate of drug-likeness (QED) is 0.308. The van der Waals surface area contributed by atoms with Crippen LogP contribution in [-0.2, 0) is 27.5 Å². The standard InChI is InChI=1S/C32H36FN3O5/c1-5-7-25(35(4)31(39)27(37)11-17-8-9-17)28-20-10-16(3)23(33)13-24(20)34-29-21(28)14-36-26(29)12-19-18(6-2)32(40)41-15-22(19)30(36)38/h10,12-13,17-18,25,27,37H,5-9,11,14-15H2,1-4H3. The van der Waals surface area contributed by atoms with Crippen LogP contribution in [0.1, 0.15) is 92.1 Å². The Bertz CT molecular complexity index is 1640. The third kappa shape index (κ3) is 4.54. The van der Waals surface area contributed by atoms with Crippen LogP contribution in [0.25, 0.3) is 22.3 Å². The molecule has 0 bridgehead atoms. The van der Waals surface area contributed by atoms with Gasteiger partial charge in [0.15, 0.2) is 0 Å². The number of benzene rings is 1. The smallest absolute Gasteiger partial charge is 0.313 e. The van der Waals surface area contributed by atoms with E-state index in [1.165, 1.54) is 6.07 Å². The highest BCUT2D eigenvalue weighted by Crippen LogP contribution is 2.43. The van der Waals surface area contributed by atoms with Gasteiger partial charge in [0, 0.05) is 24.1 Å². The minimum atomic E-state index is -1.08. The van der Waals surface area contributed by atoms with Gasteiger partial charge < -0.3 is 19.3 Å². The molecule has 1 amide bonds. The molecule has 3 atom stereocenters. The van der Waals surface area contributed by atoms with E-state index in [0.29, 0.717) is 58.8 Å². The first-order valence-electron chi connectivity index (χ1n) is 14.6. The Labute approximate surface area is 238 Å². The lowest BCUT2D eigenvalue weighted by Crippen LogP contribution is -2.39. The van der Waals surface area contributed by atoms with E-state index in [1.807, 2.05) is 19.9 Å². The lowest BCUT2D eigenvalue weighted by atomic mass is 9.89. The number of halogens is 1. The van der Waals surface area contributed by atoms with E-state index >= 15 is 0 Å². The van der Waals surface area contributed by atoms with Gasteiger partial charge in [0.05, 0.1) is 41.0 Å². The van der Waals surface area contributed by atoms with Crippen molar-refractivity contribution in [3.05, 3.63) is 62.2 Å². The molecule has 0 spiro atoms. The molecule has 4 heterocycles. The van der Waals surface area contributed by atoms with Crippen molar-refractivity contribution >= 4 is 22.8 Å². The Balaban J connectivity index is 1.56. The van der Waals surface area contributed by atoms with Gasteiger partial charge in [0.25, 0.3) is 11.5 Å². The maximum absolute atomic E-state index is 14.9. The van der Waals surface area contributed by atoms with Crippen LogP contribution in [0.3, 0.4) is 0 Å². The number of aliphatic hydroxyl groups excluding tert-OH is 1. The summed E-state index contributed by atoms with van der Waals surface area (Å²) in [5, 5.41) is 11.5. The largest absolute Gasteiger partial charge is 0.460 e. The van der Waals surface area contributed by atoms with Crippen molar-refractivity contribution in [3.63, 3.8) is 0 Å². The topological polar surface area (TPSA) is 102 Å². The summed E-state index contributed by atoms with van der Waals surface area (Å²) >= 11 is 0. The predicted molar refractivity (Wildman–Crippen MR) is 152 cm³/mol. The molecule has 3 aliphatic rings. The van der Waals surface area contributed by atoms with Crippen LogP contribution in [0.4, 0.5) is 4.39 Å². The van der Waals surface area contributed by atoms with Gasteiger partial charge in [-0.05, 0) is 60.9 Å². The minimum absolute atomic E-state index is 0.0681. The van der Waals surface area contributed by atoms with E-state index in [1.54, 1.807) is 29.5 Å². The van der Waals surface area contributed by atoms with Crippen molar-refractivity contribution in [2.75, 3.05) is 7.05 Å². The molecule has 3 aromatic rings. The fraction of sp³-hybridized carbons (Fsp3) is 0.500. The maximum atomic E-state index is 14.9. The second-order valence-corrected chi connectivity index (χ2v) is 11.8. The molecule has 1 aromatic carbocycles. The Morgan fingerprint density at radius 2 is 1.98 bits per heavy atom. The lowest BCUT2D eigenvalue weighted by Gasteiger charge is -2.32. The van der Waals surface area contributed by atoms with E-state index < -0.39 is 18.1 Å². The molecule has 1 fully saturated rings. The number of aliphatic hydroxyl groups is 1. The van der Waals surface area contributed by atoms with Crippen LogP contribution in [0, 0.1) is 18.7 Å². The second kappa shape index (κ2) is 10.4. The first kappa shape index (κ1) is 27.6. The number of pyridine rings is 2. The molecule has 8 nitrogen and oxygen atoms in total. The molecule has 1 saturated carbocycles. The van der Waals surface area contributed by atoms with Crippen LogP contribution in [0.2, 0.25) is 0 Å². The number of rotatable bonds is 8. The monoisotopic (exact) mass is 561 g/mol. The van der Waals surface area contributed by atoms with Gasteiger partial charge in [-0.3, -0.25) is 14.4 Å². The Hall–Kier alpha value is -3.59. The summed E-state index contributed by atoms with van der Waals surface area (Å²) in [6, 6.07) is 4.63. The van der Waals surface area contributed by atoms with Crippen LogP contribution >= 0.6 is 0 Å². The van der Waals surface area contributed by atoms with Crippen molar-refractivity contribution in [1.29, 1.82) is 0 Å². The predicted octanol–water partition coefficient (Wildman–Crippen LogP) is 4.88. The van der Waals surface area contributed by atoms with Crippen LogP contribution in [-0.4, -0.2) is 44.6 Å². The van der Waals surface area contributed by atoms with E-state index in [9.17, 15) is 23.9 Å². The molecule has 1 N–H and O–H groups in total. The molecule has 0 saturated heterocycles. The highest BCUT2D eigenvalue weighted by Gasteiger charge is 2.38. The normalized spacial score (nSPS) is 18.9. The fourth-order valence-corrected chi connectivity index (χ4v) is 6.61. The SMILES string of the molecule is CCCC(c1c2c(nc3cc(F)c(C)cc13)-c1cc3c(c(=O)n1C2)COC(=O)C3CC)N(C)C(=O)C(O)CC1CC1. The fourth-order valence-electron chi connectivity index (χ4n) is 6.61. The highest BCUT2D eigenvalue weighted by molar-refractivity contribution is 5.91. The van der Waals surface area contributed by atoms with Gasteiger partial charge in [-0.15, -0.1) is 0 Å². The molecular formula is C32H36FN3O5. The minimum Gasteiger partial charge on any atom is -0.460 e. The summed E-state index contributed by atoms with van der Waals surface area (Å²) in [4.78, 5) is 46.3. The zero-order chi connectivity index (χ0) is 29.2. The number of ether oxygens (including phenoxy) is 1. The van der Waals surface area contributed by atoms with Gasteiger partial charge in [-0.2, -0.15) is 0 Å². The number of hydrogen-bond acceptors (Lipinski definition) is 6. The van der Waals surface area contributed by atoms with Crippen molar-refractivity contribution in [1.82, 2.24) is 14.5 Å². The van der Waals surface area contributed by atoms with Gasteiger partial charge in [-0.1, -0.05) is 33.1 Å². The van der Waals surface area contributed by atoms with E-state index in [4.69, 9.17) is 9.72 Å². The van der Waals surface area contributed by atoms with Gasteiger partial charge in [0.1, 0.15) is 18.5 Å².